The lowest BCUT2D eigenvalue weighted by molar-refractivity contribution is 0.132. The van der Waals surface area contributed by atoms with Gasteiger partial charge in [-0.25, -0.2) is 0 Å². The molecule has 0 radical (unpaired) electrons. The van der Waals surface area contributed by atoms with Gasteiger partial charge in [0.25, 0.3) is 0 Å². The van der Waals surface area contributed by atoms with Crippen molar-refractivity contribution >= 4 is 0 Å². The first-order valence-electron chi connectivity index (χ1n) is 17.6. The predicted molar refractivity (Wildman–Crippen MR) is 174 cm³/mol. The molecule has 0 amide bonds. The summed E-state index contributed by atoms with van der Waals surface area (Å²) >= 11 is 0. The fourth-order valence-electron chi connectivity index (χ4n) is 6.19. The van der Waals surface area contributed by atoms with Crippen LogP contribution in [0.3, 0.4) is 0 Å². The van der Waals surface area contributed by atoms with E-state index in [0.717, 1.165) is 6.54 Å². The third-order valence-corrected chi connectivity index (χ3v) is 8.76. The van der Waals surface area contributed by atoms with Gasteiger partial charge in [0.2, 0.25) is 0 Å². The minimum Gasteiger partial charge on any atom is -0.356 e. The standard InChI is InChI=1S/C37H66N2/c1-3-5-7-9-11-13-15-16-17-19-21-23-28-32-38-33-34-39(35-36-29-25-24-26-30-36)37(38)31-27-22-20-18-14-12-10-8-6-4-2/h24-26,29-30,33-34,37H,3-23,27-28,31-32,35H2,1-2H3. The van der Waals surface area contributed by atoms with Crippen molar-refractivity contribution in [3.05, 3.63) is 48.3 Å². The SMILES string of the molecule is CCCCCCCCCCCCCCCN1C=CN(Cc2ccccc2)C1CCCCCCCCCCCC. The third kappa shape index (κ3) is 17.1. The van der Waals surface area contributed by atoms with Crippen LogP contribution in [0.4, 0.5) is 0 Å². The highest BCUT2D eigenvalue weighted by Crippen LogP contribution is 2.25. The van der Waals surface area contributed by atoms with Crippen molar-refractivity contribution < 1.29 is 0 Å². The monoisotopic (exact) mass is 539 g/mol. The molecule has 1 heterocycles. The second-order valence-corrected chi connectivity index (χ2v) is 12.4. The Hall–Kier alpha value is -1.44. The van der Waals surface area contributed by atoms with Crippen molar-refractivity contribution in [2.24, 2.45) is 0 Å². The second kappa shape index (κ2) is 24.4. The van der Waals surface area contributed by atoms with Crippen LogP contribution in [0.2, 0.25) is 0 Å². The summed E-state index contributed by atoms with van der Waals surface area (Å²) < 4.78 is 0. The van der Waals surface area contributed by atoms with Gasteiger partial charge < -0.3 is 9.80 Å². The molecular weight excluding hydrogens is 472 g/mol. The van der Waals surface area contributed by atoms with Crippen LogP contribution in [0.25, 0.3) is 0 Å². The van der Waals surface area contributed by atoms with E-state index >= 15 is 0 Å². The first-order valence-corrected chi connectivity index (χ1v) is 17.6. The van der Waals surface area contributed by atoms with Gasteiger partial charge in [-0.2, -0.15) is 0 Å². The summed E-state index contributed by atoms with van der Waals surface area (Å²) in [5.41, 5.74) is 1.43. The Morgan fingerprint density at radius 2 is 0.872 bits per heavy atom. The highest BCUT2D eigenvalue weighted by molar-refractivity contribution is 5.16. The Labute approximate surface area is 245 Å². The number of hydrogen-bond acceptors (Lipinski definition) is 2. The molecule has 0 fully saturated rings. The van der Waals surface area contributed by atoms with Crippen LogP contribution < -0.4 is 0 Å². The first-order chi connectivity index (χ1) is 19.3. The van der Waals surface area contributed by atoms with E-state index in [4.69, 9.17) is 0 Å². The average molecular weight is 539 g/mol. The Morgan fingerprint density at radius 3 is 1.36 bits per heavy atom. The normalized spacial score (nSPS) is 15.1. The summed E-state index contributed by atoms with van der Waals surface area (Å²) in [5, 5.41) is 0. The molecule has 1 unspecified atom stereocenters. The summed E-state index contributed by atoms with van der Waals surface area (Å²) in [5.74, 6) is 0. The number of unbranched alkanes of at least 4 members (excludes halogenated alkanes) is 21. The Bertz CT molecular complexity index is 669. The van der Waals surface area contributed by atoms with Crippen molar-refractivity contribution in [2.75, 3.05) is 6.54 Å². The van der Waals surface area contributed by atoms with Crippen LogP contribution in [0.5, 0.6) is 0 Å². The fourth-order valence-corrected chi connectivity index (χ4v) is 6.19. The molecule has 224 valence electrons. The molecular formula is C37H66N2. The van der Waals surface area contributed by atoms with Gasteiger partial charge in [0, 0.05) is 25.5 Å². The molecule has 0 saturated heterocycles. The van der Waals surface area contributed by atoms with Crippen LogP contribution in [0.1, 0.15) is 174 Å². The molecule has 39 heavy (non-hydrogen) atoms. The maximum Gasteiger partial charge on any atom is 0.101 e. The lowest BCUT2D eigenvalue weighted by Gasteiger charge is -2.33. The van der Waals surface area contributed by atoms with Gasteiger partial charge in [0.1, 0.15) is 6.17 Å². The highest BCUT2D eigenvalue weighted by Gasteiger charge is 2.25. The lowest BCUT2D eigenvalue weighted by atomic mass is 10.0. The zero-order valence-corrected chi connectivity index (χ0v) is 26.4. The van der Waals surface area contributed by atoms with Crippen LogP contribution in [0, 0.1) is 0 Å². The maximum atomic E-state index is 2.66. The number of rotatable bonds is 27. The van der Waals surface area contributed by atoms with E-state index in [-0.39, 0.29) is 0 Å². The van der Waals surface area contributed by atoms with E-state index in [1.165, 1.54) is 166 Å². The van der Waals surface area contributed by atoms with E-state index in [1.54, 1.807) is 0 Å². The minimum absolute atomic E-state index is 0.552. The fraction of sp³-hybridized carbons (Fsp3) is 0.784. The smallest absolute Gasteiger partial charge is 0.101 e. The van der Waals surface area contributed by atoms with E-state index < -0.39 is 0 Å². The lowest BCUT2D eigenvalue weighted by Crippen LogP contribution is -2.38. The van der Waals surface area contributed by atoms with Gasteiger partial charge in [0.05, 0.1) is 0 Å². The van der Waals surface area contributed by atoms with E-state index in [2.05, 4.69) is 66.4 Å². The van der Waals surface area contributed by atoms with Gasteiger partial charge >= 0.3 is 0 Å². The number of nitrogens with zero attached hydrogens (tertiary/aromatic N) is 2. The molecule has 1 atom stereocenters. The van der Waals surface area contributed by atoms with Crippen molar-refractivity contribution in [3.8, 4) is 0 Å². The molecule has 1 aromatic rings. The molecule has 0 aliphatic carbocycles. The summed E-state index contributed by atoms with van der Waals surface area (Å²) in [6.07, 6.45) is 39.4. The number of benzene rings is 1. The minimum atomic E-state index is 0.552. The van der Waals surface area contributed by atoms with Gasteiger partial charge in [-0.05, 0) is 24.8 Å². The average Bonchev–Trinajstić information content (AvgIpc) is 3.33. The van der Waals surface area contributed by atoms with Gasteiger partial charge in [-0.3, -0.25) is 0 Å². The van der Waals surface area contributed by atoms with Crippen molar-refractivity contribution in [3.63, 3.8) is 0 Å². The summed E-state index contributed by atoms with van der Waals surface area (Å²) in [6.45, 7) is 6.87. The van der Waals surface area contributed by atoms with Crippen LogP contribution in [0.15, 0.2) is 42.7 Å². The van der Waals surface area contributed by atoms with Crippen molar-refractivity contribution in [2.45, 2.75) is 181 Å². The van der Waals surface area contributed by atoms with E-state index in [9.17, 15) is 0 Å². The van der Waals surface area contributed by atoms with Crippen molar-refractivity contribution in [1.29, 1.82) is 0 Å². The van der Waals surface area contributed by atoms with Gasteiger partial charge in [-0.1, -0.05) is 179 Å². The summed E-state index contributed by atoms with van der Waals surface area (Å²) in [7, 11) is 0. The molecule has 2 heteroatoms. The first kappa shape index (κ1) is 33.8. The van der Waals surface area contributed by atoms with E-state index in [1.807, 2.05) is 0 Å². The Morgan fingerprint density at radius 1 is 0.462 bits per heavy atom. The molecule has 2 nitrogen and oxygen atoms in total. The second-order valence-electron chi connectivity index (χ2n) is 12.4. The van der Waals surface area contributed by atoms with Gasteiger partial charge in [0.15, 0.2) is 0 Å². The summed E-state index contributed by atoms with van der Waals surface area (Å²) in [4.78, 5) is 5.26. The topological polar surface area (TPSA) is 6.48 Å². The zero-order valence-electron chi connectivity index (χ0n) is 26.4. The zero-order chi connectivity index (χ0) is 27.6. The Balaban J connectivity index is 1.58. The Kier molecular flexibility index (Phi) is 21.1. The largest absolute Gasteiger partial charge is 0.356 e. The molecule has 1 aromatic carbocycles. The molecule has 2 rings (SSSR count). The molecule has 0 spiro atoms. The third-order valence-electron chi connectivity index (χ3n) is 8.76. The number of hydrogen-bond donors (Lipinski definition) is 0. The van der Waals surface area contributed by atoms with Crippen LogP contribution >= 0.6 is 0 Å². The predicted octanol–water partition coefficient (Wildman–Crippen LogP) is 12.0. The summed E-state index contributed by atoms with van der Waals surface area (Å²) in [6, 6.07) is 11.0. The van der Waals surface area contributed by atoms with Gasteiger partial charge in [-0.15, -0.1) is 0 Å². The maximum absolute atomic E-state index is 2.66. The molecule has 1 aliphatic heterocycles. The van der Waals surface area contributed by atoms with Crippen LogP contribution in [-0.4, -0.2) is 22.5 Å². The van der Waals surface area contributed by atoms with E-state index in [0.29, 0.717) is 6.17 Å². The molecule has 0 bridgehead atoms. The highest BCUT2D eigenvalue weighted by atomic mass is 15.4. The quantitative estimate of drug-likeness (QED) is 0.103. The van der Waals surface area contributed by atoms with Crippen LogP contribution in [-0.2, 0) is 6.54 Å². The van der Waals surface area contributed by atoms with Crippen molar-refractivity contribution in [1.82, 2.24) is 9.80 Å². The molecule has 0 saturated carbocycles. The molecule has 1 aliphatic rings. The molecule has 0 aromatic heterocycles. The molecule has 0 N–H and O–H groups in total.